The van der Waals surface area contributed by atoms with E-state index in [0.29, 0.717) is 19.1 Å². The number of rotatable bonds is 9. The van der Waals surface area contributed by atoms with E-state index >= 15 is 0 Å². The number of hydrogen-bond donors (Lipinski definition) is 1. The van der Waals surface area contributed by atoms with Gasteiger partial charge in [-0.3, -0.25) is 0 Å². The standard InChI is InChI=1S/C32H40NO2P/c34-32(35-25-31-29-21-12-1-2-13-22-30(29)31)33-23-14-24-36(26-15-6-3-7-16-26,27-17-8-4-9-18-27)28-19-10-5-11-20-28/h3-11,15-20,29-31,36H,1-2,12-14,21-25H2,(H,33,34)/t29-,30+,31-. The Morgan fingerprint density at radius 1 is 0.722 bits per heavy atom. The normalized spacial score (nSPS) is 21.9. The fourth-order valence-corrected chi connectivity index (χ4v) is 11.5. The van der Waals surface area contributed by atoms with Gasteiger partial charge >= 0.3 is 217 Å². The van der Waals surface area contributed by atoms with E-state index in [2.05, 4.69) is 96.3 Å². The fraction of sp³-hybridized carbons (Fsp3) is 0.406. The minimum atomic E-state index is -2.25. The van der Waals surface area contributed by atoms with Gasteiger partial charge in [-0.2, -0.15) is 0 Å². The van der Waals surface area contributed by atoms with E-state index in [0.717, 1.165) is 24.4 Å². The van der Waals surface area contributed by atoms with Crippen LogP contribution in [0.4, 0.5) is 4.79 Å². The fourth-order valence-electron chi connectivity index (χ4n) is 6.61. The Morgan fingerprint density at radius 2 is 1.19 bits per heavy atom. The molecule has 1 amide bonds. The third-order valence-corrected chi connectivity index (χ3v) is 13.6. The van der Waals surface area contributed by atoms with Crippen LogP contribution in [0.15, 0.2) is 91.0 Å². The maximum absolute atomic E-state index is 12.5. The van der Waals surface area contributed by atoms with Crippen LogP contribution in [0.25, 0.3) is 0 Å². The van der Waals surface area contributed by atoms with Crippen LogP contribution >= 0.6 is 7.26 Å². The number of alkyl carbamates (subject to hydrolysis) is 1. The van der Waals surface area contributed by atoms with Gasteiger partial charge in [-0.15, -0.1) is 0 Å². The minimum absolute atomic E-state index is 0.249. The Bertz CT molecular complexity index is 978. The van der Waals surface area contributed by atoms with Crippen LogP contribution in [-0.2, 0) is 4.74 Å². The molecule has 190 valence electrons. The van der Waals surface area contributed by atoms with E-state index < -0.39 is 7.26 Å². The first-order valence-electron chi connectivity index (χ1n) is 13.9. The molecule has 5 rings (SSSR count). The Morgan fingerprint density at radius 3 is 1.67 bits per heavy atom. The van der Waals surface area contributed by atoms with Crippen LogP contribution in [0.2, 0.25) is 0 Å². The van der Waals surface area contributed by atoms with Crippen LogP contribution in [-0.4, -0.2) is 25.4 Å². The van der Waals surface area contributed by atoms with Gasteiger partial charge in [-0.05, 0) is 0 Å². The van der Waals surface area contributed by atoms with Crippen LogP contribution < -0.4 is 21.2 Å². The summed E-state index contributed by atoms with van der Waals surface area (Å²) in [5.41, 5.74) is 0. The van der Waals surface area contributed by atoms with Crippen molar-refractivity contribution in [2.24, 2.45) is 17.8 Å². The molecule has 3 nitrogen and oxygen atoms in total. The Hall–Kier alpha value is -2.64. The number of ether oxygens (including phenoxy) is 1. The van der Waals surface area contributed by atoms with Crippen molar-refractivity contribution in [2.75, 3.05) is 19.3 Å². The third kappa shape index (κ3) is 5.68. The zero-order valence-electron chi connectivity index (χ0n) is 21.3. The van der Waals surface area contributed by atoms with E-state index in [1.165, 1.54) is 54.4 Å². The summed E-state index contributed by atoms with van der Waals surface area (Å²) >= 11 is 0. The first-order chi connectivity index (χ1) is 17.8. The van der Waals surface area contributed by atoms with Crippen LogP contribution in [0.1, 0.15) is 44.9 Å². The SMILES string of the molecule is O=C(NCCC[PH](c1ccccc1)(c1ccccc1)c1ccccc1)OC[C@@H]1[C@@H]2CCCCCC[C@@H]21. The first kappa shape index (κ1) is 25.0. The van der Waals surface area contributed by atoms with Gasteiger partial charge in [0.25, 0.3) is 0 Å². The van der Waals surface area contributed by atoms with Crippen molar-refractivity contribution >= 4 is 29.3 Å². The average Bonchev–Trinajstić information content (AvgIpc) is 3.58. The molecule has 2 aliphatic carbocycles. The molecule has 0 spiro atoms. The number of amides is 1. The molecule has 0 saturated heterocycles. The predicted molar refractivity (Wildman–Crippen MR) is 154 cm³/mol. The van der Waals surface area contributed by atoms with E-state index in [4.69, 9.17) is 4.74 Å². The Balaban J connectivity index is 1.23. The van der Waals surface area contributed by atoms with Gasteiger partial charge in [0.05, 0.1) is 0 Å². The Labute approximate surface area is 217 Å². The van der Waals surface area contributed by atoms with Crippen molar-refractivity contribution in [1.82, 2.24) is 5.32 Å². The second kappa shape index (κ2) is 12.1. The van der Waals surface area contributed by atoms with Crippen molar-refractivity contribution in [3.05, 3.63) is 91.0 Å². The molecule has 3 aromatic carbocycles. The quantitative estimate of drug-likeness (QED) is 0.287. The number of benzene rings is 3. The molecule has 2 saturated carbocycles. The number of carbonyl (C=O) groups excluding carboxylic acids is 1. The molecule has 36 heavy (non-hydrogen) atoms. The summed E-state index contributed by atoms with van der Waals surface area (Å²) in [6, 6.07) is 32.9. The zero-order chi connectivity index (χ0) is 24.6. The topological polar surface area (TPSA) is 38.3 Å². The van der Waals surface area contributed by atoms with Crippen molar-refractivity contribution in [1.29, 1.82) is 0 Å². The van der Waals surface area contributed by atoms with Gasteiger partial charge in [0.1, 0.15) is 0 Å². The van der Waals surface area contributed by atoms with Gasteiger partial charge in [-0.25, -0.2) is 0 Å². The molecule has 0 aliphatic heterocycles. The van der Waals surface area contributed by atoms with Crippen molar-refractivity contribution < 1.29 is 9.53 Å². The summed E-state index contributed by atoms with van der Waals surface area (Å²) in [7, 11) is -2.25. The second-order valence-electron chi connectivity index (χ2n) is 10.6. The molecule has 0 heterocycles. The van der Waals surface area contributed by atoms with Gasteiger partial charge < -0.3 is 0 Å². The van der Waals surface area contributed by atoms with Gasteiger partial charge in [0.2, 0.25) is 0 Å². The molecule has 0 radical (unpaired) electrons. The molecular formula is C32H40NO2P. The zero-order valence-corrected chi connectivity index (χ0v) is 22.3. The number of hydrogen-bond acceptors (Lipinski definition) is 2. The summed E-state index contributed by atoms with van der Waals surface area (Å²) < 4.78 is 5.69. The van der Waals surface area contributed by atoms with Crippen molar-refractivity contribution in [3.63, 3.8) is 0 Å². The molecule has 0 bridgehead atoms. The maximum atomic E-state index is 12.5. The summed E-state index contributed by atoms with van der Waals surface area (Å²) in [5, 5.41) is 7.29. The van der Waals surface area contributed by atoms with Crippen LogP contribution in [0, 0.1) is 17.8 Å². The Kier molecular flexibility index (Phi) is 8.39. The average molecular weight is 502 g/mol. The molecule has 2 fully saturated rings. The van der Waals surface area contributed by atoms with Crippen LogP contribution in [0.3, 0.4) is 0 Å². The summed E-state index contributed by atoms with van der Waals surface area (Å²) in [5.74, 6) is 2.20. The van der Waals surface area contributed by atoms with Gasteiger partial charge in [0.15, 0.2) is 0 Å². The molecule has 0 aromatic heterocycles. The molecule has 3 aromatic rings. The van der Waals surface area contributed by atoms with Crippen molar-refractivity contribution in [2.45, 2.75) is 44.9 Å². The molecule has 4 heteroatoms. The first-order valence-corrected chi connectivity index (χ1v) is 16.1. The summed E-state index contributed by atoms with van der Waals surface area (Å²) in [6.45, 7) is 1.23. The van der Waals surface area contributed by atoms with Gasteiger partial charge in [-0.1, -0.05) is 0 Å². The van der Waals surface area contributed by atoms with Crippen LogP contribution in [0.5, 0.6) is 0 Å². The van der Waals surface area contributed by atoms with E-state index in [-0.39, 0.29) is 6.09 Å². The predicted octanol–water partition coefficient (Wildman–Crippen LogP) is 6.05. The number of nitrogens with one attached hydrogen (secondary N) is 1. The third-order valence-electron chi connectivity index (χ3n) is 8.54. The van der Waals surface area contributed by atoms with E-state index in [1.54, 1.807) is 0 Å². The number of carbonyl (C=O) groups is 1. The number of fused-ring (bicyclic) bond motifs is 1. The molecule has 1 N–H and O–H groups in total. The molecule has 3 atom stereocenters. The second-order valence-corrected chi connectivity index (χ2v) is 14.7. The molecule has 0 unspecified atom stereocenters. The monoisotopic (exact) mass is 501 g/mol. The summed E-state index contributed by atoms with van der Waals surface area (Å²) in [6.07, 6.45) is 9.78. The molecular weight excluding hydrogens is 461 g/mol. The summed E-state index contributed by atoms with van der Waals surface area (Å²) in [4.78, 5) is 12.5. The van der Waals surface area contributed by atoms with E-state index in [1.807, 2.05) is 0 Å². The van der Waals surface area contributed by atoms with Crippen molar-refractivity contribution in [3.8, 4) is 0 Å². The molecule has 2 aliphatic rings. The van der Waals surface area contributed by atoms with E-state index in [9.17, 15) is 4.79 Å². The van der Waals surface area contributed by atoms with Gasteiger partial charge in [0, 0.05) is 0 Å².